The van der Waals surface area contributed by atoms with Crippen molar-refractivity contribution in [1.82, 2.24) is 4.90 Å². The van der Waals surface area contributed by atoms with Gasteiger partial charge in [-0.1, -0.05) is 36.2 Å². The molecule has 0 atom stereocenters. The molecule has 104 valence electrons. The summed E-state index contributed by atoms with van der Waals surface area (Å²) < 4.78 is 0. The summed E-state index contributed by atoms with van der Waals surface area (Å²) in [5.74, 6) is 0.950. The van der Waals surface area contributed by atoms with Gasteiger partial charge in [0.25, 0.3) is 0 Å². The maximum atomic E-state index is 12.7. The zero-order valence-corrected chi connectivity index (χ0v) is 12.6. The predicted molar refractivity (Wildman–Crippen MR) is 79.2 cm³/mol. The summed E-state index contributed by atoms with van der Waals surface area (Å²) in [5, 5.41) is 0. The van der Waals surface area contributed by atoms with Gasteiger partial charge in [0.2, 0.25) is 5.91 Å². The van der Waals surface area contributed by atoms with E-state index in [4.69, 9.17) is 0 Å². The smallest absolute Gasteiger partial charge is 0.232 e. The number of aryl methyl sites for hydroxylation is 1. The Morgan fingerprint density at radius 2 is 1.84 bits per heavy atom. The minimum Gasteiger partial charge on any atom is -0.345 e. The van der Waals surface area contributed by atoms with Crippen LogP contribution in [0.25, 0.3) is 0 Å². The highest BCUT2D eigenvalue weighted by Gasteiger charge is 2.33. The van der Waals surface area contributed by atoms with Gasteiger partial charge in [-0.2, -0.15) is 0 Å². The molecule has 1 saturated carbocycles. The van der Waals surface area contributed by atoms with Crippen LogP contribution < -0.4 is 0 Å². The fraction of sp³-hybridized carbons (Fsp3) is 0.588. The van der Waals surface area contributed by atoms with Crippen LogP contribution in [0, 0.1) is 12.8 Å². The van der Waals surface area contributed by atoms with Crippen molar-refractivity contribution in [2.45, 2.75) is 45.4 Å². The number of amides is 1. The Balaban J connectivity index is 2.08. The number of rotatable bonds is 4. The maximum absolute atomic E-state index is 12.7. The molecule has 1 fully saturated rings. The van der Waals surface area contributed by atoms with Gasteiger partial charge in [0, 0.05) is 13.6 Å². The number of carbonyl (C=O) groups is 1. The Kier molecular flexibility index (Phi) is 3.98. The summed E-state index contributed by atoms with van der Waals surface area (Å²) in [5.41, 5.74) is 1.89. The first-order valence-electron chi connectivity index (χ1n) is 7.24. The Hall–Kier alpha value is -1.31. The molecule has 2 heteroatoms. The van der Waals surface area contributed by atoms with E-state index in [9.17, 15) is 4.79 Å². The van der Waals surface area contributed by atoms with E-state index >= 15 is 0 Å². The number of benzene rings is 1. The fourth-order valence-corrected chi connectivity index (χ4v) is 2.72. The zero-order valence-electron chi connectivity index (χ0n) is 12.6. The zero-order chi connectivity index (χ0) is 14.0. The molecule has 0 spiro atoms. The Morgan fingerprint density at radius 1 is 1.26 bits per heavy atom. The van der Waals surface area contributed by atoms with Crippen LogP contribution in [-0.4, -0.2) is 24.4 Å². The molecule has 0 radical (unpaired) electrons. The monoisotopic (exact) mass is 259 g/mol. The van der Waals surface area contributed by atoms with E-state index in [1.54, 1.807) is 0 Å². The lowest BCUT2D eigenvalue weighted by molar-refractivity contribution is -0.135. The molecule has 2 rings (SSSR count). The molecule has 1 aliphatic rings. The third-order valence-electron chi connectivity index (χ3n) is 4.41. The largest absolute Gasteiger partial charge is 0.345 e. The highest BCUT2D eigenvalue weighted by Crippen LogP contribution is 2.30. The van der Waals surface area contributed by atoms with Gasteiger partial charge < -0.3 is 4.90 Å². The van der Waals surface area contributed by atoms with E-state index in [2.05, 4.69) is 31.2 Å². The van der Waals surface area contributed by atoms with Crippen molar-refractivity contribution in [3.05, 3.63) is 35.4 Å². The predicted octanol–water partition coefficient (Wildman–Crippen LogP) is 3.53. The summed E-state index contributed by atoms with van der Waals surface area (Å²) in [7, 11) is 1.94. The summed E-state index contributed by atoms with van der Waals surface area (Å²) >= 11 is 0. The summed E-state index contributed by atoms with van der Waals surface area (Å²) in [6, 6.07) is 8.31. The standard InChI is InChI=1S/C17H25NO/c1-13-8-10-15(11-9-13)17(2,3)16(19)18(4)12-14-6-5-7-14/h8-11,14H,5-7,12H2,1-4H3. The lowest BCUT2D eigenvalue weighted by Gasteiger charge is -2.35. The fourth-order valence-electron chi connectivity index (χ4n) is 2.72. The SMILES string of the molecule is Cc1ccc(C(C)(C)C(=O)N(C)CC2CCC2)cc1. The van der Waals surface area contributed by atoms with E-state index in [-0.39, 0.29) is 5.91 Å². The molecule has 0 N–H and O–H groups in total. The van der Waals surface area contributed by atoms with Gasteiger partial charge >= 0.3 is 0 Å². The second-order valence-electron chi connectivity index (χ2n) is 6.47. The van der Waals surface area contributed by atoms with Crippen LogP contribution in [0.2, 0.25) is 0 Å². The van der Waals surface area contributed by atoms with Crippen LogP contribution >= 0.6 is 0 Å². The van der Waals surface area contributed by atoms with Gasteiger partial charge in [-0.15, -0.1) is 0 Å². The second-order valence-corrected chi connectivity index (χ2v) is 6.47. The van der Waals surface area contributed by atoms with Crippen molar-refractivity contribution in [3.63, 3.8) is 0 Å². The third-order valence-corrected chi connectivity index (χ3v) is 4.41. The summed E-state index contributed by atoms with van der Waals surface area (Å²) in [4.78, 5) is 14.6. The maximum Gasteiger partial charge on any atom is 0.232 e. The molecule has 0 aliphatic heterocycles. The number of hydrogen-bond donors (Lipinski definition) is 0. The summed E-state index contributed by atoms with van der Waals surface area (Å²) in [6.45, 7) is 7.03. The van der Waals surface area contributed by atoms with E-state index in [0.717, 1.165) is 18.0 Å². The molecule has 0 heterocycles. The molecule has 1 aromatic carbocycles. The molecule has 0 bridgehead atoms. The van der Waals surface area contributed by atoms with E-state index in [0.29, 0.717) is 0 Å². The van der Waals surface area contributed by atoms with Gasteiger partial charge in [0.05, 0.1) is 5.41 Å². The average Bonchev–Trinajstić information content (AvgIpc) is 2.33. The topological polar surface area (TPSA) is 20.3 Å². The molecule has 0 saturated heterocycles. The van der Waals surface area contributed by atoms with E-state index in [1.807, 2.05) is 25.8 Å². The van der Waals surface area contributed by atoms with Crippen LogP contribution in [0.15, 0.2) is 24.3 Å². The van der Waals surface area contributed by atoms with Crippen molar-refractivity contribution < 1.29 is 4.79 Å². The Labute approximate surface area is 116 Å². The minimum atomic E-state index is -0.438. The molecule has 1 aliphatic carbocycles. The minimum absolute atomic E-state index is 0.225. The summed E-state index contributed by atoms with van der Waals surface area (Å²) in [6.07, 6.45) is 3.89. The molecule has 19 heavy (non-hydrogen) atoms. The van der Waals surface area contributed by atoms with Crippen LogP contribution in [0.3, 0.4) is 0 Å². The van der Waals surface area contributed by atoms with Crippen molar-refractivity contribution in [3.8, 4) is 0 Å². The number of nitrogens with zero attached hydrogens (tertiary/aromatic N) is 1. The molecule has 2 nitrogen and oxygen atoms in total. The highest BCUT2D eigenvalue weighted by molar-refractivity contribution is 5.87. The second kappa shape index (κ2) is 5.36. The first-order chi connectivity index (χ1) is 8.91. The average molecular weight is 259 g/mol. The van der Waals surface area contributed by atoms with Gasteiger partial charge in [0.1, 0.15) is 0 Å². The highest BCUT2D eigenvalue weighted by atomic mass is 16.2. The van der Waals surface area contributed by atoms with Crippen molar-refractivity contribution in [2.75, 3.05) is 13.6 Å². The normalized spacial score (nSPS) is 16.0. The van der Waals surface area contributed by atoms with Gasteiger partial charge in [-0.3, -0.25) is 4.79 Å². The quantitative estimate of drug-likeness (QED) is 0.810. The molecule has 0 unspecified atom stereocenters. The van der Waals surface area contributed by atoms with Crippen LogP contribution in [0.5, 0.6) is 0 Å². The molecular formula is C17H25NO. The van der Waals surface area contributed by atoms with Crippen molar-refractivity contribution >= 4 is 5.91 Å². The van der Waals surface area contributed by atoms with E-state index < -0.39 is 5.41 Å². The number of carbonyl (C=O) groups excluding carboxylic acids is 1. The first kappa shape index (κ1) is 14.1. The van der Waals surface area contributed by atoms with Crippen molar-refractivity contribution in [1.29, 1.82) is 0 Å². The number of likely N-dealkylation sites (N-methyl/N-ethyl adjacent to an activating group) is 1. The van der Waals surface area contributed by atoms with Gasteiger partial charge in [-0.05, 0) is 45.1 Å². The molecule has 1 aromatic rings. The van der Waals surface area contributed by atoms with Crippen LogP contribution in [0.4, 0.5) is 0 Å². The molecule has 1 amide bonds. The van der Waals surface area contributed by atoms with Gasteiger partial charge in [0.15, 0.2) is 0 Å². The van der Waals surface area contributed by atoms with Crippen molar-refractivity contribution in [2.24, 2.45) is 5.92 Å². The molecule has 0 aromatic heterocycles. The van der Waals surface area contributed by atoms with Crippen LogP contribution in [0.1, 0.15) is 44.2 Å². The third kappa shape index (κ3) is 2.99. The number of hydrogen-bond acceptors (Lipinski definition) is 1. The lowest BCUT2D eigenvalue weighted by atomic mass is 9.81. The first-order valence-corrected chi connectivity index (χ1v) is 7.24. The van der Waals surface area contributed by atoms with Gasteiger partial charge in [-0.25, -0.2) is 0 Å². The Bertz CT molecular complexity index is 443. The van der Waals surface area contributed by atoms with Crippen LogP contribution in [-0.2, 0) is 10.2 Å². The Morgan fingerprint density at radius 3 is 2.32 bits per heavy atom. The lowest BCUT2D eigenvalue weighted by Crippen LogP contribution is -2.44. The van der Waals surface area contributed by atoms with E-state index in [1.165, 1.54) is 24.8 Å². The molecular weight excluding hydrogens is 234 g/mol.